The summed E-state index contributed by atoms with van der Waals surface area (Å²) in [5.41, 5.74) is 2.62. The van der Waals surface area contributed by atoms with Crippen LogP contribution in [0.3, 0.4) is 0 Å². The summed E-state index contributed by atoms with van der Waals surface area (Å²) < 4.78 is 28.5. The summed E-state index contributed by atoms with van der Waals surface area (Å²) in [4.78, 5) is 25.2. The van der Waals surface area contributed by atoms with E-state index in [9.17, 15) is 18.0 Å². The van der Waals surface area contributed by atoms with E-state index in [0.29, 0.717) is 24.7 Å². The molecular formula is C21H29N5O4S. The molecule has 4 rings (SSSR count). The van der Waals surface area contributed by atoms with E-state index in [2.05, 4.69) is 10.4 Å². The molecule has 0 aliphatic carbocycles. The lowest BCUT2D eigenvalue weighted by molar-refractivity contribution is -0.120. The molecule has 2 aliphatic rings. The Morgan fingerprint density at radius 2 is 2.03 bits per heavy atom. The summed E-state index contributed by atoms with van der Waals surface area (Å²) in [5, 5.41) is 6.28. The maximum absolute atomic E-state index is 12.6. The molecule has 9 nitrogen and oxygen atoms in total. The Kier molecular flexibility index (Phi) is 5.78. The first kappa shape index (κ1) is 21.8. The Labute approximate surface area is 182 Å². The molecule has 0 saturated carbocycles. The van der Waals surface area contributed by atoms with Gasteiger partial charge >= 0.3 is 6.03 Å². The SMILES string of the molecule is CC(C)S(=O)(=O)N1CC[C@@H](Cc2ccn3ncc(N4CCC(=O)NC4=O)c3c2)C[C@@H]1C. The number of anilines is 1. The second kappa shape index (κ2) is 8.23. The second-order valence-corrected chi connectivity index (χ2v) is 11.2. The van der Waals surface area contributed by atoms with E-state index in [1.807, 2.05) is 25.3 Å². The van der Waals surface area contributed by atoms with Crippen LogP contribution in [0.2, 0.25) is 0 Å². The number of amides is 3. The monoisotopic (exact) mass is 447 g/mol. The predicted octanol–water partition coefficient (Wildman–Crippen LogP) is 2.16. The fraction of sp³-hybridized carbons (Fsp3) is 0.571. The van der Waals surface area contributed by atoms with Crippen LogP contribution in [-0.4, -0.2) is 58.7 Å². The molecule has 168 valence electrons. The summed E-state index contributed by atoms with van der Waals surface area (Å²) in [6.07, 6.45) is 6.27. The molecule has 0 unspecified atom stereocenters. The van der Waals surface area contributed by atoms with E-state index < -0.39 is 21.3 Å². The van der Waals surface area contributed by atoms with Crippen LogP contribution >= 0.6 is 0 Å². The quantitative estimate of drug-likeness (QED) is 0.756. The largest absolute Gasteiger partial charge is 0.328 e. The third kappa shape index (κ3) is 4.18. The first-order chi connectivity index (χ1) is 14.7. The van der Waals surface area contributed by atoms with Crippen molar-refractivity contribution in [2.24, 2.45) is 5.92 Å². The number of urea groups is 1. The van der Waals surface area contributed by atoms with Gasteiger partial charge in [0.2, 0.25) is 15.9 Å². The number of nitrogens with zero attached hydrogens (tertiary/aromatic N) is 4. The highest BCUT2D eigenvalue weighted by molar-refractivity contribution is 7.89. The standard InChI is InChI=1S/C21H29N5O4S/c1-14(2)31(29,30)26-9-5-16(10-15(26)3)11-17-4-8-25-18(12-17)19(13-22-25)24-7-6-20(27)23-21(24)28/h4,8,12-16H,5-7,9-11H2,1-3H3,(H,23,27,28)/t15-,16+/m0/s1. The average molecular weight is 448 g/mol. The van der Waals surface area contributed by atoms with Crippen LogP contribution < -0.4 is 10.2 Å². The average Bonchev–Trinajstić information content (AvgIpc) is 3.11. The molecule has 2 saturated heterocycles. The van der Waals surface area contributed by atoms with Crippen LogP contribution in [0, 0.1) is 5.92 Å². The summed E-state index contributed by atoms with van der Waals surface area (Å²) in [7, 11) is -3.24. The lowest BCUT2D eigenvalue weighted by Gasteiger charge is -2.37. The Morgan fingerprint density at radius 3 is 2.71 bits per heavy atom. The highest BCUT2D eigenvalue weighted by Gasteiger charge is 2.35. The number of hydrogen-bond acceptors (Lipinski definition) is 5. The zero-order valence-electron chi connectivity index (χ0n) is 18.1. The fourth-order valence-corrected chi connectivity index (χ4v) is 6.05. The van der Waals surface area contributed by atoms with Crippen LogP contribution in [0.15, 0.2) is 24.5 Å². The van der Waals surface area contributed by atoms with Crippen LogP contribution in [0.5, 0.6) is 0 Å². The van der Waals surface area contributed by atoms with E-state index >= 15 is 0 Å². The van der Waals surface area contributed by atoms with Crippen molar-refractivity contribution in [3.8, 4) is 0 Å². The first-order valence-corrected chi connectivity index (χ1v) is 12.3. The summed E-state index contributed by atoms with van der Waals surface area (Å²) in [6, 6.07) is 3.61. The van der Waals surface area contributed by atoms with Gasteiger partial charge in [-0.05, 0) is 63.6 Å². The van der Waals surface area contributed by atoms with Crippen LogP contribution in [0.4, 0.5) is 10.5 Å². The van der Waals surface area contributed by atoms with Gasteiger partial charge in [-0.15, -0.1) is 0 Å². The summed E-state index contributed by atoms with van der Waals surface area (Å²) in [6.45, 7) is 6.32. The number of sulfonamides is 1. The predicted molar refractivity (Wildman–Crippen MR) is 117 cm³/mol. The molecule has 2 aliphatic heterocycles. The van der Waals surface area contributed by atoms with Gasteiger partial charge in [0, 0.05) is 31.7 Å². The smallest absolute Gasteiger partial charge is 0.290 e. The number of carbonyl (C=O) groups is 2. The zero-order chi connectivity index (χ0) is 22.3. The lowest BCUT2D eigenvalue weighted by Crippen LogP contribution is -2.49. The van der Waals surface area contributed by atoms with Crippen molar-refractivity contribution in [1.82, 2.24) is 19.2 Å². The number of hydrogen-bond donors (Lipinski definition) is 1. The van der Waals surface area contributed by atoms with Crippen LogP contribution in [0.1, 0.15) is 45.6 Å². The molecule has 0 aromatic carbocycles. The Morgan fingerprint density at radius 1 is 1.26 bits per heavy atom. The molecule has 1 N–H and O–H groups in total. The highest BCUT2D eigenvalue weighted by atomic mass is 32.2. The third-order valence-corrected chi connectivity index (χ3v) is 8.67. The van der Waals surface area contributed by atoms with Gasteiger partial charge in [-0.25, -0.2) is 17.7 Å². The van der Waals surface area contributed by atoms with E-state index in [1.54, 1.807) is 33.8 Å². The van der Waals surface area contributed by atoms with E-state index in [4.69, 9.17) is 0 Å². The lowest BCUT2D eigenvalue weighted by atomic mass is 9.88. The topological polar surface area (TPSA) is 104 Å². The van der Waals surface area contributed by atoms with Crippen molar-refractivity contribution < 1.29 is 18.0 Å². The van der Waals surface area contributed by atoms with Crippen molar-refractivity contribution in [2.45, 2.75) is 57.7 Å². The Bertz CT molecular complexity index is 1110. The van der Waals surface area contributed by atoms with Crippen LogP contribution in [0.25, 0.3) is 5.52 Å². The maximum atomic E-state index is 12.6. The molecular weight excluding hydrogens is 418 g/mol. The van der Waals surface area contributed by atoms with Gasteiger partial charge in [0.15, 0.2) is 0 Å². The van der Waals surface area contributed by atoms with Gasteiger partial charge in [0.05, 0.1) is 22.7 Å². The molecule has 10 heteroatoms. The molecule has 3 amide bonds. The minimum Gasteiger partial charge on any atom is -0.290 e. The summed E-state index contributed by atoms with van der Waals surface area (Å²) >= 11 is 0. The molecule has 2 fully saturated rings. The number of fused-ring (bicyclic) bond motifs is 1. The van der Waals surface area contributed by atoms with E-state index in [-0.39, 0.29) is 18.4 Å². The van der Waals surface area contributed by atoms with Crippen molar-refractivity contribution in [3.05, 3.63) is 30.1 Å². The molecule has 0 radical (unpaired) electrons. The zero-order valence-corrected chi connectivity index (χ0v) is 18.9. The van der Waals surface area contributed by atoms with Crippen molar-refractivity contribution in [1.29, 1.82) is 0 Å². The molecule has 2 aromatic rings. The van der Waals surface area contributed by atoms with Gasteiger partial charge in [-0.1, -0.05) is 0 Å². The van der Waals surface area contributed by atoms with Gasteiger partial charge in [-0.3, -0.25) is 15.0 Å². The molecule has 2 atom stereocenters. The second-order valence-electron chi connectivity index (χ2n) is 8.80. The normalized spacial score (nSPS) is 23.5. The maximum Gasteiger partial charge on any atom is 0.328 e. The molecule has 0 bridgehead atoms. The van der Waals surface area contributed by atoms with E-state index in [1.165, 1.54) is 0 Å². The minimum absolute atomic E-state index is 0.0185. The number of aromatic nitrogens is 2. The first-order valence-electron chi connectivity index (χ1n) is 10.7. The minimum atomic E-state index is -3.24. The molecule has 4 heterocycles. The number of pyridine rings is 1. The number of nitrogens with one attached hydrogen (secondary N) is 1. The van der Waals surface area contributed by atoms with Crippen molar-refractivity contribution in [3.63, 3.8) is 0 Å². The van der Waals surface area contributed by atoms with Crippen molar-refractivity contribution >= 4 is 33.2 Å². The third-order valence-electron chi connectivity index (χ3n) is 6.28. The van der Waals surface area contributed by atoms with Gasteiger partial charge in [-0.2, -0.15) is 9.40 Å². The number of piperidine rings is 1. The summed E-state index contributed by atoms with van der Waals surface area (Å²) in [5.74, 6) is 0.122. The van der Waals surface area contributed by atoms with Crippen molar-refractivity contribution in [2.75, 3.05) is 18.0 Å². The molecule has 31 heavy (non-hydrogen) atoms. The number of rotatable bonds is 5. The van der Waals surface area contributed by atoms with E-state index in [0.717, 1.165) is 30.3 Å². The van der Waals surface area contributed by atoms with Gasteiger partial charge in [0.25, 0.3) is 0 Å². The highest BCUT2D eigenvalue weighted by Crippen LogP contribution is 2.30. The molecule has 0 spiro atoms. The Balaban J connectivity index is 1.50. The van der Waals surface area contributed by atoms with Gasteiger partial charge in [0.1, 0.15) is 0 Å². The Hall–Kier alpha value is -2.46. The number of imide groups is 1. The van der Waals surface area contributed by atoms with Crippen LogP contribution in [-0.2, 0) is 21.2 Å². The fourth-order valence-electron chi connectivity index (χ4n) is 4.56. The molecule has 2 aromatic heterocycles. The number of carbonyl (C=O) groups excluding carboxylic acids is 2. The van der Waals surface area contributed by atoms with Gasteiger partial charge < -0.3 is 0 Å².